The molecule has 0 bridgehead atoms. The lowest BCUT2D eigenvalue weighted by Gasteiger charge is -2.42. The Morgan fingerprint density at radius 1 is 1.03 bits per heavy atom. The summed E-state index contributed by atoms with van der Waals surface area (Å²) in [4.78, 5) is 10.9. The molecular formula is C19H34O10. The van der Waals surface area contributed by atoms with E-state index in [9.17, 15) is 30.3 Å². The molecule has 1 saturated carbocycles. The number of hydrogen-bond acceptors (Lipinski definition) is 9. The second-order valence-electron chi connectivity index (χ2n) is 8.83. The van der Waals surface area contributed by atoms with Crippen LogP contribution < -0.4 is 0 Å². The standard InChI is InChI=1S/C19H34O10/c1-9-14(23)16(25)17(26)18(28-9)29-19(2,3)8-27-7-10-4-11(6-13(21)22)15(24)12(20)5-10/h9-12,14-18,20,23-26H,4-8H2,1-3H3,(H,21,22). The minimum absolute atomic E-state index is 0.109. The number of rotatable bonds is 8. The first-order chi connectivity index (χ1) is 13.4. The van der Waals surface area contributed by atoms with Crippen molar-refractivity contribution in [2.45, 2.75) is 88.5 Å². The van der Waals surface area contributed by atoms with Gasteiger partial charge in [0.25, 0.3) is 0 Å². The zero-order valence-electron chi connectivity index (χ0n) is 17.0. The van der Waals surface area contributed by atoms with Gasteiger partial charge >= 0.3 is 5.97 Å². The minimum atomic E-state index is -1.41. The number of aliphatic carboxylic acids is 1. The third kappa shape index (κ3) is 6.56. The van der Waals surface area contributed by atoms with Gasteiger partial charge in [-0.3, -0.25) is 4.79 Å². The van der Waals surface area contributed by atoms with E-state index in [1.807, 2.05) is 0 Å². The van der Waals surface area contributed by atoms with Crippen molar-refractivity contribution in [1.29, 1.82) is 0 Å². The van der Waals surface area contributed by atoms with Gasteiger partial charge in [-0.25, -0.2) is 0 Å². The van der Waals surface area contributed by atoms with Crippen LogP contribution in [0.15, 0.2) is 0 Å². The van der Waals surface area contributed by atoms with Gasteiger partial charge < -0.3 is 44.8 Å². The summed E-state index contributed by atoms with van der Waals surface area (Å²) in [5.41, 5.74) is -0.888. The molecule has 6 N–H and O–H groups in total. The zero-order chi connectivity index (χ0) is 21.9. The van der Waals surface area contributed by atoms with Gasteiger partial charge in [0.15, 0.2) is 6.29 Å². The number of aliphatic hydroxyl groups is 5. The molecule has 1 saturated heterocycles. The SMILES string of the molecule is CC1OC(OC(C)(C)COCC2CC(O)C(O)C(CC(=O)O)C2)C(O)C(O)C1O. The normalized spacial score (nSPS) is 41.3. The average Bonchev–Trinajstić information content (AvgIpc) is 2.61. The van der Waals surface area contributed by atoms with E-state index in [0.29, 0.717) is 12.8 Å². The maximum atomic E-state index is 10.9. The third-order valence-electron chi connectivity index (χ3n) is 5.57. The lowest BCUT2D eigenvalue weighted by Crippen LogP contribution is -2.59. The first-order valence-electron chi connectivity index (χ1n) is 9.94. The molecule has 0 spiro atoms. The Morgan fingerprint density at radius 3 is 2.31 bits per heavy atom. The summed E-state index contributed by atoms with van der Waals surface area (Å²) in [5.74, 6) is -1.67. The second-order valence-corrected chi connectivity index (χ2v) is 8.83. The van der Waals surface area contributed by atoms with Crippen LogP contribution in [-0.4, -0.2) is 98.3 Å². The van der Waals surface area contributed by atoms with E-state index in [1.165, 1.54) is 0 Å². The smallest absolute Gasteiger partial charge is 0.303 e. The molecule has 10 nitrogen and oxygen atoms in total. The van der Waals surface area contributed by atoms with E-state index in [0.717, 1.165) is 0 Å². The van der Waals surface area contributed by atoms with Gasteiger partial charge in [-0.05, 0) is 45.4 Å². The molecule has 9 atom stereocenters. The average molecular weight is 422 g/mol. The quantitative estimate of drug-likeness (QED) is 0.281. The van der Waals surface area contributed by atoms with Gasteiger partial charge in [-0.1, -0.05) is 0 Å². The predicted molar refractivity (Wildman–Crippen MR) is 98.8 cm³/mol. The van der Waals surface area contributed by atoms with Crippen LogP contribution in [0.4, 0.5) is 0 Å². The molecule has 0 aromatic rings. The van der Waals surface area contributed by atoms with Crippen molar-refractivity contribution < 1.29 is 49.6 Å². The number of carbonyl (C=O) groups is 1. The molecule has 2 rings (SSSR count). The lowest BCUT2D eigenvalue weighted by atomic mass is 9.76. The topological polar surface area (TPSA) is 166 Å². The Hall–Kier alpha value is -0.850. The monoisotopic (exact) mass is 422 g/mol. The van der Waals surface area contributed by atoms with Crippen molar-refractivity contribution in [2.75, 3.05) is 13.2 Å². The molecule has 0 aromatic carbocycles. The van der Waals surface area contributed by atoms with Crippen LogP contribution in [0.5, 0.6) is 0 Å². The maximum Gasteiger partial charge on any atom is 0.303 e. The molecule has 0 amide bonds. The van der Waals surface area contributed by atoms with E-state index in [-0.39, 0.29) is 25.6 Å². The van der Waals surface area contributed by atoms with E-state index in [2.05, 4.69) is 0 Å². The molecular weight excluding hydrogens is 388 g/mol. The number of hydrogen-bond donors (Lipinski definition) is 6. The first kappa shape index (κ1) is 24.4. The van der Waals surface area contributed by atoms with Crippen molar-refractivity contribution >= 4 is 5.97 Å². The highest BCUT2D eigenvalue weighted by molar-refractivity contribution is 5.67. The van der Waals surface area contributed by atoms with Crippen LogP contribution in [0.3, 0.4) is 0 Å². The lowest BCUT2D eigenvalue weighted by molar-refractivity contribution is -0.320. The van der Waals surface area contributed by atoms with Crippen molar-refractivity contribution in [3.05, 3.63) is 0 Å². The third-order valence-corrected chi connectivity index (χ3v) is 5.57. The molecule has 2 fully saturated rings. The fourth-order valence-electron chi connectivity index (χ4n) is 3.95. The molecule has 0 aromatic heterocycles. The number of carboxylic acids is 1. The predicted octanol–water partition coefficient (Wildman–Crippen LogP) is -1.15. The van der Waals surface area contributed by atoms with E-state index in [1.54, 1.807) is 20.8 Å². The van der Waals surface area contributed by atoms with Gasteiger partial charge in [0.05, 0.1) is 36.9 Å². The fourth-order valence-corrected chi connectivity index (χ4v) is 3.95. The van der Waals surface area contributed by atoms with Crippen LogP contribution in [0.25, 0.3) is 0 Å². The van der Waals surface area contributed by atoms with Crippen molar-refractivity contribution in [2.24, 2.45) is 11.8 Å². The van der Waals surface area contributed by atoms with Gasteiger partial charge in [0, 0.05) is 6.61 Å². The molecule has 9 unspecified atom stereocenters. The maximum absolute atomic E-state index is 10.9. The van der Waals surface area contributed by atoms with E-state index < -0.39 is 60.4 Å². The summed E-state index contributed by atoms with van der Waals surface area (Å²) in [7, 11) is 0. The van der Waals surface area contributed by atoms with Crippen LogP contribution in [0, 0.1) is 11.8 Å². The molecule has 170 valence electrons. The summed E-state index contributed by atoms with van der Waals surface area (Å²) in [6.07, 6.45) is -7.38. The highest BCUT2D eigenvalue weighted by Crippen LogP contribution is 2.32. The summed E-state index contributed by atoms with van der Waals surface area (Å²) in [5, 5.41) is 58.6. The number of ether oxygens (including phenoxy) is 3. The summed E-state index contributed by atoms with van der Waals surface area (Å²) in [6.45, 7) is 5.37. The Balaban J connectivity index is 1.83. The van der Waals surface area contributed by atoms with Gasteiger partial charge in [0.2, 0.25) is 0 Å². The van der Waals surface area contributed by atoms with Crippen molar-refractivity contribution in [3.63, 3.8) is 0 Å². The Kier molecular flexibility index (Phi) is 8.40. The highest BCUT2D eigenvalue weighted by atomic mass is 16.7. The molecule has 29 heavy (non-hydrogen) atoms. The van der Waals surface area contributed by atoms with Crippen molar-refractivity contribution in [1.82, 2.24) is 0 Å². The van der Waals surface area contributed by atoms with Crippen LogP contribution in [0.2, 0.25) is 0 Å². The first-order valence-corrected chi connectivity index (χ1v) is 9.94. The van der Waals surface area contributed by atoms with Gasteiger partial charge in [-0.15, -0.1) is 0 Å². The molecule has 10 heteroatoms. The molecule has 2 aliphatic rings. The molecule has 0 radical (unpaired) electrons. The van der Waals surface area contributed by atoms with Crippen LogP contribution in [-0.2, 0) is 19.0 Å². The zero-order valence-corrected chi connectivity index (χ0v) is 17.0. The Morgan fingerprint density at radius 2 is 1.69 bits per heavy atom. The second kappa shape index (κ2) is 9.97. The molecule has 1 aliphatic carbocycles. The fraction of sp³-hybridized carbons (Fsp3) is 0.947. The summed E-state index contributed by atoms with van der Waals surface area (Å²) >= 11 is 0. The minimum Gasteiger partial charge on any atom is -0.481 e. The number of carboxylic acid groups (broad SMARTS) is 1. The van der Waals surface area contributed by atoms with E-state index in [4.69, 9.17) is 19.3 Å². The highest BCUT2D eigenvalue weighted by Gasteiger charge is 2.44. The van der Waals surface area contributed by atoms with Crippen LogP contribution >= 0.6 is 0 Å². The summed E-state index contributed by atoms with van der Waals surface area (Å²) in [6, 6.07) is 0. The summed E-state index contributed by atoms with van der Waals surface area (Å²) < 4.78 is 16.9. The van der Waals surface area contributed by atoms with Gasteiger partial charge in [0.1, 0.15) is 18.3 Å². The van der Waals surface area contributed by atoms with E-state index >= 15 is 0 Å². The Labute approximate surface area is 170 Å². The van der Waals surface area contributed by atoms with Gasteiger partial charge in [-0.2, -0.15) is 0 Å². The van der Waals surface area contributed by atoms with Crippen molar-refractivity contribution in [3.8, 4) is 0 Å². The number of aliphatic hydroxyl groups excluding tert-OH is 5. The molecule has 1 aliphatic heterocycles. The van der Waals surface area contributed by atoms with Crippen LogP contribution in [0.1, 0.15) is 40.0 Å². The largest absolute Gasteiger partial charge is 0.481 e. The molecule has 1 heterocycles. The Bertz CT molecular complexity index is 541.